The number of H-pyrrole nitrogens is 1. The number of nitrogens with zero attached hydrogens (tertiary/aromatic N) is 4. The van der Waals surface area contributed by atoms with Crippen molar-refractivity contribution in [1.29, 1.82) is 0 Å². The van der Waals surface area contributed by atoms with Crippen LogP contribution in [0, 0.1) is 0 Å². The fraction of sp³-hybridized carbons (Fsp3) is 0.545. The topological polar surface area (TPSA) is 219 Å². The van der Waals surface area contributed by atoms with Crippen LogP contribution in [0.15, 0.2) is 44.6 Å². The van der Waals surface area contributed by atoms with E-state index in [2.05, 4.69) is 45.9 Å². The minimum Gasteiger partial charge on any atom is -0.497 e. The Bertz CT molecular complexity index is 2040. The van der Waals surface area contributed by atoms with Gasteiger partial charge in [-0.05, 0) is 45.6 Å². The first kappa shape index (κ1) is 39.2. The molecule has 19 heteroatoms. The fourth-order valence-electron chi connectivity index (χ4n) is 5.81. The lowest BCUT2D eigenvalue weighted by Crippen LogP contribution is -2.32. The van der Waals surface area contributed by atoms with Gasteiger partial charge in [-0.3, -0.25) is 38.3 Å². The molecule has 0 radical (unpaired) electrons. The van der Waals surface area contributed by atoms with E-state index < -0.39 is 56.9 Å². The second kappa shape index (κ2) is 16.3. The number of benzene rings is 1. The van der Waals surface area contributed by atoms with E-state index in [-0.39, 0.29) is 46.2 Å². The molecule has 2 saturated heterocycles. The average molecular weight is 749 g/mol. The number of ether oxygens (including phenoxy) is 4. The van der Waals surface area contributed by atoms with Crippen molar-refractivity contribution in [3.8, 4) is 5.75 Å². The lowest BCUT2D eigenvalue weighted by atomic mass is 10.1. The zero-order chi connectivity index (χ0) is 37.8. The number of hydrogen-bond acceptors (Lipinski definition) is 14. The maximum atomic E-state index is 12.8. The molecule has 3 N–H and O–H groups in total. The number of carbonyl (C=O) groups excluding carboxylic acids is 1. The fourth-order valence-corrected chi connectivity index (χ4v) is 6.51. The lowest BCUT2D eigenvalue weighted by molar-refractivity contribution is -0.199. The van der Waals surface area contributed by atoms with Gasteiger partial charge in [-0.2, -0.15) is 4.98 Å². The molecule has 5 atom stereocenters. The van der Waals surface area contributed by atoms with Crippen LogP contribution in [0.1, 0.15) is 60.0 Å². The average Bonchev–Trinajstić information content (AvgIpc) is 3.78. The number of aromatic amines is 1. The van der Waals surface area contributed by atoms with Gasteiger partial charge in [-0.15, -0.1) is 0 Å². The van der Waals surface area contributed by atoms with Gasteiger partial charge in [-0.1, -0.05) is 27.7 Å². The van der Waals surface area contributed by atoms with Crippen molar-refractivity contribution in [2.75, 3.05) is 38.7 Å². The van der Waals surface area contributed by atoms with Crippen LogP contribution in [0.2, 0.25) is 0 Å². The van der Waals surface area contributed by atoms with Gasteiger partial charge in [-0.25, -0.2) is 9.55 Å². The highest BCUT2D eigenvalue weighted by molar-refractivity contribution is 7.47. The normalized spacial score (nSPS) is 21.9. The van der Waals surface area contributed by atoms with E-state index >= 15 is 0 Å². The molecule has 3 aromatic heterocycles. The molecular formula is C33H45N6O12P. The van der Waals surface area contributed by atoms with Gasteiger partial charge in [0, 0.05) is 18.6 Å². The summed E-state index contributed by atoms with van der Waals surface area (Å²) in [6, 6.07) is 5.83. The van der Waals surface area contributed by atoms with Crippen LogP contribution in [0.3, 0.4) is 0 Å². The number of amides is 1. The minimum atomic E-state index is -4.70. The zero-order valence-electron chi connectivity index (χ0n) is 30.1. The molecule has 1 amide bonds. The Morgan fingerprint density at radius 2 is 1.81 bits per heavy atom. The highest BCUT2D eigenvalue weighted by atomic mass is 31.2. The van der Waals surface area contributed by atoms with E-state index in [0.717, 1.165) is 6.07 Å². The van der Waals surface area contributed by atoms with Crippen molar-refractivity contribution >= 4 is 41.8 Å². The van der Waals surface area contributed by atoms with Crippen molar-refractivity contribution in [1.82, 2.24) is 24.4 Å². The van der Waals surface area contributed by atoms with Gasteiger partial charge >= 0.3 is 7.82 Å². The Balaban J connectivity index is 0.000000679. The van der Waals surface area contributed by atoms with E-state index in [9.17, 15) is 23.8 Å². The van der Waals surface area contributed by atoms with Crippen molar-refractivity contribution in [3.05, 3.63) is 56.9 Å². The number of hydrogen-bond donors (Lipinski definition) is 3. The summed E-state index contributed by atoms with van der Waals surface area (Å²) in [4.78, 5) is 60.8. The predicted molar refractivity (Wildman–Crippen MR) is 188 cm³/mol. The zero-order valence-corrected chi connectivity index (χ0v) is 31.0. The molecule has 52 heavy (non-hydrogen) atoms. The van der Waals surface area contributed by atoms with Crippen LogP contribution in [0.4, 0.5) is 5.95 Å². The first-order valence-electron chi connectivity index (χ1n) is 16.9. The number of anilines is 1. The van der Waals surface area contributed by atoms with Gasteiger partial charge in [0.15, 0.2) is 28.6 Å². The van der Waals surface area contributed by atoms with Crippen molar-refractivity contribution in [2.24, 2.45) is 0 Å². The summed E-state index contributed by atoms with van der Waals surface area (Å²) in [6.45, 7) is 14.2. The van der Waals surface area contributed by atoms with E-state index in [1.807, 2.05) is 0 Å². The van der Waals surface area contributed by atoms with Gasteiger partial charge in [0.1, 0.15) is 42.0 Å². The van der Waals surface area contributed by atoms with Crippen molar-refractivity contribution < 1.29 is 46.7 Å². The molecule has 5 heterocycles. The Labute approximate surface area is 298 Å². The molecular weight excluding hydrogens is 703 g/mol. The molecule has 0 saturated carbocycles. The second-order valence-corrected chi connectivity index (χ2v) is 13.8. The molecule has 0 spiro atoms. The highest BCUT2D eigenvalue weighted by Crippen LogP contribution is 2.48. The molecule has 1 aromatic carbocycles. The van der Waals surface area contributed by atoms with E-state index in [4.69, 9.17) is 32.4 Å². The molecule has 0 aliphatic carbocycles. The van der Waals surface area contributed by atoms with E-state index in [1.54, 1.807) is 32.9 Å². The summed E-state index contributed by atoms with van der Waals surface area (Å²) in [5.41, 5.74) is -0.630. The third-order valence-electron chi connectivity index (χ3n) is 8.51. The molecule has 0 bridgehead atoms. The van der Waals surface area contributed by atoms with Crippen LogP contribution >= 0.6 is 7.82 Å². The number of methoxy groups -OCH3 is 1. The van der Waals surface area contributed by atoms with Crippen molar-refractivity contribution in [2.45, 2.75) is 84.9 Å². The number of aromatic nitrogens is 4. The maximum Gasteiger partial charge on any atom is 0.472 e. The SMILES string of the molecule is CCC(=O)Nc1nc2c(ncn2[C@@H]2O[C@H](COP(=O)(O)OCc3cc(=O)c4ccc(OC)cc4o3)[C@H]3OC(C)(C)O[C@H]32)c(=O)[nH]1.CCN(CC)CC. The van der Waals surface area contributed by atoms with Gasteiger partial charge in [0.2, 0.25) is 11.9 Å². The number of carbonyl (C=O) groups is 1. The molecule has 4 aromatic rings. The number of imidazole rings is 1. The smallest absolute Gasteiger partial charge is 0.472 e. The molecule has 18 nitrogen and oxygen atoms in total. The largest absolute Gasteiger partial charge is 0.497 e. The first-order valence-corrected chi connectivity index (χ1v) is 18.4. The summed E-state index contributed by atoms with van der Waals surface area (Å²) in [7, 11) is -3.23. The van der Waals surface area contributed by atoms with E-state index in [1.165, 1.54) is 43.7 Å². The third kappa shape index (κ3) is 8.95. The van der Waals surface area contributed by atoms with Crippen LogP contribution in [-0.4, -0.2) is 92.7 Å². The second-order valence-electron chi connectivity index (χ2n) is 12.4. The Hall–Kier alpha value is -4.00. The molecule has 1 unspecified atom stereocenters. The summed E-state index contributed by atoms with van der Waals surface area (Å²) >= 11 is 0. The summed E-state index contributed by atoms with van der Waals surface area (Å²) < 4.78 is 53.7. The maximum absolute atomic E-state index is 12.8. The standard InChI is InChI=1S/C27H30N5O12P.C6H15N/c1-5-19(34)29-26-30-23-20(24(35)31-26)28-12-32(23)25-22-21(43-27(2,3)44-22)18(42-25)11-40-45(36,37)39-10-14-8-16(33)15-7-6-13(38-4)9-17(15)41-14;1-4-7(5-2)6-3/h6-9,12,18,21-22,25H,5,10-11H2,1-4H3,(H,36,37)(H2,29,30,31,34,35);4-6H2,1-3H3/t18-,21-,22-,25-;/m1./s1. The summed E-state index contributed by atoms with van der Waals surface area (Å²) in [5, 5.41) is 2.82. The summed E-state index contributed by atoms with van der Waals surface area (Å²) in [6.07, 6.45) is -1.90. The molecule has 6 rings (SSSR count). The first-order chi connectivity index (χ1) is 24.7. The van der Waals surface area contributed by atoms with Crippen LogP contribution in [-0.2, 0) is 39.2 Å². The number of rotatable bonds is 13. The Kier molecular flexibility index (Phi) is 12.3. The van der Waals surface area contributed by atoms with Crippen LogP contribution in [0.25, 0.3) is 22.1 Å². The van der Waals surface area contributed by atoms with Crippen molar-refractivity contribution in [3.63, 3.8) is 0 Å². The molecule has 2 aliphatic rings. The Morgan fingerprint density at radius 1 is 1.10 bits per heavy atom. The monoisotopic (exact) mass is 748 g/mol. The molecule has 2 aliphatic heterocycles. The van der Waals surface area contributed by atoms with Crippen LogP contribution < -0.4 is 21.0 Å². The number of fused-ring (bicyclic) bond motifs is 3. The quantitative estimate of drug-likeness (QED) is 0.166. The van der Waals surface area contributed by atoms with E-state index in [0.29, 0.717) is 11.1 Å². The highest BCUT2D eigenvalue weighted by Gasteiger charge is 2.56. The lowest BCUT2D eigenvalue weighted by Gasteiger charge is -2.25. The van der Waals surface area contributed by atoms with Crippen LogP contribution in [0.5, 0.6) is 5.75 Å². The minimum absolute atomic E-state index is 0.00503. The van der Waals surface area contributed by atoms with Gasteiger partial charge < -0.3 is 33.2 Å². The number of nitrogens with one attached hydrogen (secondary N) is 2. The number of phosphoric acid groups is 1. The number of phosphoric ester groups is 1. The van der Waals surface area contributed by atoms with Gasteiger partial charge in [0.05, 0.1) is 25.4 Å². The third-order valence-corrected chi connectivity index (χ3v) is 9.44. The molecule has 284 valence electrons. The summed E-state index contributed by atoms with van der Waals surface area (Å²) in [5.74, 6) is -1.02. The molecule has 2 fully saturated rings. The predicted octanol–water partition coefficient (Wildman–Crippen LogP) is 3.68. The Morgan fingerprint density at radius 3 is 2.46 bits per heavy atom. The van der Waals surface area contributed by atoms with Gasteiger partial charge in [0.25, 0.3) is 5.56 Å².